The maximum atomic E-state index is 12.3. The second-order valence-electron chi connectivity index (χ2n) is 12.5. The van der Waals surface area contributed by atoms with Gasteiger partial charge in [0.2, 0.25) is 29.5 Å². The summed E-state index contributed by atoms with van der Waals surface area (Å²) < 4.78 is 96.5. The highest BCUT2D eigenvalue weighted by atomic mass is 32.2. The van der Waals surface area contributed by atoms with Gasteiger partial charge in [-0.3, -0.25) is 14.8 Å². The number of aliphatic imine (C=N–C) groups is 2. The van der Waals surface area contributed by atoms with Gasteiger partial charge < -0.3 is 31.5 Å². The Kier molecular flexibility index (Phi) is 21.2. The smallest absolute Gasteiger partial charge is 0.523 e. The molecule has 18 nitrogen and oxygen atoms in total. The first-order chi connectivity index (χ1) is 29.2. The monoisotopic (exact) mass is 938 g/mol. The number of rotatable bonds is 17. The van der Waals surface area contributed by atoms with E-state index in [1.807, 2.05) is 0 Å². The molecule has 0 fully saturated rings. The predicted octanol–water partition coefficient (Wildman–Crippen LogP) is 2.03. The molecule has 8 N–H and O–H groups in total. The van der Waals surface area contributed by atoms with E-state index in [1.54, 1.807) is 36.4 Å². The number of hydrogen-bond acceptors (Lipinski definition) is 11. The fraction of sp³-hybridized carbons (Fsp3) is 0.300. The highest BCUT2D eigenvalue weighted by Gasteiger charge is 2.27. The number of aliphatic carboxylic acids is 1. The van der Waals surface area contributed by atoms with Crippen LogP contribution in [0.25, 0.3) is 0 Å². The Morgan fingerprint density at radius 3 is 1.05 bits per heavy atom. The maximum absolute atomic E-state index is 12.3. The molecular weight excluding hydrogens is 885 g/mol. The maximum Gasteiger partial charge on any atom is 0.637 e. The normalized spacial score (nSPS) is 11.2. The number of nitrogens with one attached hydrogen (secondary N) is 4. The van der Waals surface area contributed by atoms with Crippen molar-refractivity contribution in [2.75, 3.05) is 50.8 Å². The first-order valence-corrected chi connectivity index (χ1v) is 25.3. The number of carboxylic acids is 1. The van der Waals surface area contributed by atoms with Crippen LogP contribution in [0.4, 0.5) is 0 Å². The molecule has 0 atom stereocenters. The first kappa shape index (κ1) is 52.3. The summed E-state index contributed by atoms with van der Waals surface area (Å²) in [5.74, 6) is -2.61. The largest absolute Gasteiger partial charge is 0.637 e. The van der Waals surface area contributed by atoms with Crippen molar-refractivity contribution in [3.63, 3.8) is 0 Å². The average molecular weight is 939 g/mol. The predicted molar refractivity (Wildman–Crippen MR) is 238 cm³/mol. The number of sulfone groups is 4. The topological polar surface area (TPSA) is 291 Å². The zero-order chi connectivity index (χ0) is 46.4. The minimum atomic E-state index is -3.98. The molecule has 0 saturated heterocycles. The molecule has 62 heavy (non-hydrogen) atoms. The van der Waals surface area contributed by atoms with Crippen molar-refractivity contribution >= 4 is 63.2 Å². The summed E-state index contributed by atoms with van der Waals surface area (Å²) in [4.78, 5) is 27.9. The lowest BCUT2D eigenvalue weighted by Crippen LogP contribution is -2.38. The van der Waals surface area contributed by atoms with Crippen LogP contribution < -0.4 is 21.3 Å². The molecule has 0 heterocycles. The zero-order valence-corrected chi connectivity index (χ0v) is 37.9. The molecule has 4 rings (SSSR count). The van der Waals surface area contributed by atoms with Gasteiger partial charge in [0, 0.05) is 26.2 Å². The van der Waals surface area contributed by atoms with Crippen LogP contribution in [0, 0.1) is 0 Å². The van der Waals surface area contributed by atoms with E-state index in [4.69, 9.17) is 15.0 Å². The number of nitrogens with zero attached hydrogens (tertiary/aromatic N) is 2. The Balaban J connectivity index is 0.000000323. The number of hydrogen-bond donors (Lipinski definition) is 5. The quantitative estimate of drug-likeness (QED) is 0.0439. The summed E-state index contributed by atoms with van der Waals surface area (Å²) in [7, 11) is -15.3. The molecule has 0 radical (unpaired) electrons. The molecule has 22 heteroatoms. The second-order valence-corrected chi connectivity index (χ2v) is 20.4. The molecular formula is C40H54N6O12S4+2. The van der Waals surface area contributed by atoms with Crippen molar-refractivity contribution < 1.29 is 53.5 Å². The summed E-state index contributed by atoms with van der Waals surface area (Å²) >= 11 is 0. The minimum absolute atomic E-state index is 0.0308. The Bertz CT molecular complexity index is 2360. The van der Waals surface area contributed by atoms with Crippen LogP contribution in [0.5, 0.6) is 0 Å². The third-order valence-electron chi connectivity index (χ3n) is 7.75. The summed E-state index contributed by atoms with van der Waals surface area (Å²) in [5, 5.41) is 28.1. The Hall–Kier alpha value is -5.84. The van der Waals surface area contributed by atoms with E-state index in [0.29, 0.717) is 13.1 Å². The molecule has 0 aliphatic carbocycles. The van der Waals surface area contributed by atoms with Crippen LogP contribution >= 0.6 is 0 Å². The number of carbonyl (C=O) groups excluding carboxylic acids is 1. The van der Waals surface area contributed by atoms with E-state index in [0.717, 1.165) is 74.5 Å². The number of carboxylic acid groups (broad SMARTS) is 1. The standard InChI is InChI=1S/2C14H12O6S2.C12H28N6/c2*15-14(16)10-21(17,18)11-6-8-13(9-7-11)22(19,20)12-4-2-1-3-5-12;1-5-13-11(14-6-2)17-9-10-18-12(15-7-3)16-8-4/h2*1-9H,10H2,(H,15,16);5-10H2,1-4H3,(H2,13,14,17)(H2,15,16,18)/p+2. The summed E-state index contributed by atoms with van der Waals surface area (Å²) in [6.07, 6.45) is 0. The highest BCUT2D eigenvalue weighted by molar-refractivity contribution is 7.93. The van der Waals surface area contributed by atoms with Gasteiger partial charge >= 0.3 is 11.9 Å². The van der Waals surface area contributed by atoms with Gasteiger partial charge in [-0.05, 0) is 100 Å². The van der Waals surface area contributed by atoms with E-state index in [-0.39, 0.29) is 29.4 Å². The van der Waals surface area contributed by atoms with Gasteiger partial charge in [-0.2, -0.15) is 0 Å². The van der Waals surface area contributed by atoms with Gasteiger partial charge in [-0.25, -0.2) is 38.5 Å². The average Bonchev–Trinajstić information content (AvgIpc) is 3.23. The van der Waals surface area contributed by atoms with Crippen molar-refractivity contribution in [1.29, 1.82) is 0 Å². The fourth-order valence-corrected chi connectivity index (χ4v) is 9.66. The molecule has 0 saturated carbocycles. The van der Waals surface area contributed by atoms with E-state index in [1.165, 1.54) is 36.4 Å². The van der Waals surface area contributed by atoms with Gasteiger partial charge in [-0.1, -0.05) is 36.4 Å². The Labute approximate surface area is 363 Å². The van der Waals surface area contributed by atoms with Crippen molar-refractivity contribution in [3.8, 4) is 0 Å². The van der Waals surface area contributed by atoms with Crippen LogP contribution in [-0.4, -0.2) is 123 Å². The first-order valence-electron chi connectivity index (χ1n) is 19.0. The van der Waals surface area contributed by atoms with Crippen molar-refractivity contribution in [1.82, 2.24) is 21.3 Å². The molecule has 0 amide bonds. The fourth-order valence-electron chi connectivity index (χ4n) is 4.97. The van der Waals surface area contributed by atoms with Gasteiger partial charge in [0.15, 0.2) is 27.5 Å². The number of guanidine groups is 2. The number of carbonyl (C=O) groups is 1. The molecule has 0 aliphatic rings. The van der Waals surface area contributed by atoms with E-state index < -0.39 is 62.8 Å². The summed E-state index contributed by atoms with van der Waals surface area (Å²) in [5.41, 5.74) is 0. The van der Waals surface area contributed by atoms with E-state index >= 15 is 0 Å². The number of benzene rings is 4. The van der Waals surface area contributed by atoms with E-state index in [2.05, 4.69) is 58.9 Å². The van der Waals surface area contributed by atoms with Gasteiger partial charge in [0.25, 0.3) is 5.75 Å². The minimum Gasteiger partial charge on any atom is -0.523 e. The second kappa shape index (κ2) is 25.2. The van der Waals surface area contributed by atoms with Gasteiger partial charge in [0.05, 0.1) is 42.5 Å². The molecule has 0 bridgehead atoms. The molecule has 4 aromatic rings. The lowest BCUT2D eigenvalue weighted by atomic mass is 10.4. The van der Waals surface area contributed by atoms with Gasteiger partial charge in [-0.15, -0.1) is 0 Å². The van der Waals surface area contributed by atoms with E-state index in [9.17, 15) is 38.5 Å². The third kappa shape index (κ3) is 16.9. The molecule has 4 aromatic carbocycles. The lowest BCUT2D eigenvalue weighted by Gasteiger charge is -2.10. The molecule has 0 unspecified atom stereocenters. The van der Waals surface area contributed by atoms with Gasteiger partial charge in [0.1, 0.15) is 0 Å². The third-order valence-corrected chi connectivity index (χ3v) is 14.6. The van der Waals surface area contributed by atoms with Crippen LogP contribution in [0.15, 0.2) is 149 Å². The molecule has 0 aromatic heterocycles. The summed E-state index contributed by atoms with van der Waals surface area (Å²) in [6.45, 7) is 13.1. The van der Waals surface area contributed by atoms with Crippen molar-refractivity contribution in [3.05, 3.63) is 109 Å². The van der Waals surface area contributed by atoms with Crippen LogP contribution in [0.2, 0.25) is 0 Å². The zero-order valence-electron chi connectivity index (χ0n) is 34.6. The highest BCUT2D eigenvalue weighted by Crippen LogP contribution is 2.24. The SMILES string of the molecule is CCNC(=NCCN=C(NCC)NCC)NCC.O=C(O)CS(=O)(=O)c1ccc(S(=O)(=O)c2ccccc2)cc1.O=S(=O)(CC(=[OH+])[OH2+])c1ccc(S(=O)(=O)c2ccccc2)cc1. The van der Waals surface area contributed by atoms with Crippen molar-refractivity contribution in [2.45, 2.75) is 57.1 Å². The lowest BCUT2D eigenvalue weighted by molar-refractivity contribution is -0.134. The Morgan fingerprint density at radius 2 is 0.774 bits per heavy atom. The Morgan fingerprint density at radius 1 is 0.500 bits per heavy atom. The van der Waals surface area contributed by atoms with Crippen LogP contribution in [0.3, 0.4) is 0 Å². The van der Waals surface area contributed by atoms with Crippen LogP contribution in [0.1, 0.15) is 27.7 Å². The molecule has 0 spiro atoms. The molecule has 338 valence electrons. The summed E-state index contributed by atoms with van der Waals surface area (Å²) in [6, 6.07) is 24.7. The van der Waals surface area contributed by atoms with Crippen LogP contribution in [-0.2, 0) is 44.1 Å². The van der Waals surface area contributed by atoms with Crippen molar-refractivity contribution in [2.24, 2.45) is 9.98 Å². The molecule has 0 aliphatic heterocycles.